The van der Waals surface area contributed by atoms with E-state index >= 15 is 0 Å². The average molecular weight is 338 g/mol. The van der Waals surface area contributed by atoms with Crippen molar-refractivity contribution in [2.45, 2.75) is 24.2 Å². The topological polar surface area (TPSA) is 39.2 Å². The van der Waals surface area contributed by atoms with Gasteiger partial charge in [-0.1, -0.05) is 22.4 Å². The van der Waals surface area contributed by atoms with Gasteiger partial charge in [0.05, 0.1) is 28.4 Å². The Morgan fingerprint density at radius 1 is 1.37 bits per heavy atom. The molecule has 0 aliphatic heterocycles. The first-order chi connectivity index (χ1) is 9.24. The molecule has 0 atom stereocenters. The third-order valence-corrected chi connectivity index (χ3v) is 4.59. The highest BCUT2D eigenvalue weighted by Crippen LogP contribution is 2.33. The summed E-state index contributed by atoms with van der Waals surface area (Å²) in [5.41, 5.74) is 0.896. The molecule has 1 aliphatic rings. The van der Waals surface area contributed by atoms with Gasteiger partial charge >= 0.3 is 5.97 Å². The van der Waals surface area contributed by atoms with Crippen LogP contribution in [0.3, 0.4) is 0 Å². The molecule has 1 aromatic heterocycles. The third-order valence-electron chi connectivity index (χ3n) is 3.32. The highest BCUT2D eigenvalue weighted by atomic mass is 79.9. The number of aromatic nitrogens is 1. The molecule has 5 heteroatoms. The molecule has 0 N–H and O–H groups in total. The van der Waals surface area contributed by atoms with Crippen LogP contribution in [-0.4, -0.2) is 11.0 Å². The van der Waals surface area contributed by atoms with Gasteiger partial charge in [-0.15, -0.1) is 0 Å². The zero-order chi connectivity index (χ0) is 13.2. The maximum atomic E-state index is 11.7. The van der Waals surface area contributed by atoms with Gasteiger partial charge in [-0.2, -0.15) is 0 Å². The lowest BCUT2D eigenvalue weighted by molar-refractivity contribution is -0.140. The van der Waals surface area contributed by atoms with Crippen molar-refractivity contribution in [2.75, 3.05) is 0 Å². The molecule has 0 radical (unpaired) electrons. The van der Waals surface area contributed by atoms with E-state index in [0.29, 0.717) is 0 Å². The largest absolute Gasteiger partial charge is 0.386 e. The molecule has 98 valence electrons. The van der Waals surface area contributed by atoms with Gasteiger partial charge in [0.25, 0.3) is 0 Å². The summed E-state index contributed by atoms with van der Waals surface area (Å²) in [5, 5.41) is 0.989. The first-order valence-corrected chi connectivity index (χ1v) is 7.70. The maximum Gasteiger partial charge on any atom is 0.321 e. The minimum atomic E-state index is -0.101. The molecule has 1 aliphatic carbocycles. The standard InChI is InChI=1S/C14H12BrNO2S/c15-10-4-5-12-11(8-10)13(6-7-16-12)19-18-14(17)9-2-1-3-9/h4-9H,1-3H2. The predicted molar refractivity (Wildman–Crippen MR) is 78.7 cm³/mol. The van der Waals surface area contributed by atoms with Crippen LogP contribution in [0.4, 0.5) is 0 Å². The van der Waals surface area contributed by atoms with E-state index in [1.807, 2.05) is 24.3 Å². The van der Waals surface area contributed by atoms with Crippen molar-refractivity contribution in [3.05, 3.63) is 34.9 Å². The van der Waals surface area contributed by atoms with Crippen LogP contribution in [-0.2, 0) is 8.98 Å². The molecule has 0 saturated heterocycles. The predicted octanol–water partition coefficient (Wildman–Crippen LogP) is 4.35. The van der Waals surface area contributed by atoms with E-state index in [1.165, 1.54) is 0 Å². The van der Waals surface area contributed by atoms with Gasteiger partial charge in [0.15, 0.2) is 0 Å². The average Bonchev–Trinajstić information content (AvgIpc) is 2.34. The Labute approximate surface area is 124 Å². The second kappa shape index (κ2) is 5.51. The van der Waals surface area contributed by atoms with Crippen LogP contribution in [0.2, 0.25) is 0 Å². The van der Waals surface area contributed by atoms with Crippen LogP contribution in [0, 0.1) is 5.92 Å². The summed E-state index contributed by atoms with van der Waals surface area (Å²) in [5.74, 6) is 0.00328. The minimum absolute atomic E-state index is 0.101. The number of benzene rings is 1. The minimum Gasteiger partial charge on any atom is -0.386 e. The summed E-state index contributed by atoms with van der Waals surface area (Å²) in [6.45, 7) is 0. The normalized spacial score (nSPS) is 15.2. The molecule has 1 heterocycles. The van der Waals surface area contributed by atoms with Crippen LogP contribution in [0.25, 0.3) is 10.9 Å². The van der Waals surface area contributed by atoms with Crippen molar-refractivity contribution in [3.8, 4) is 0 Å². The molecule has 1 fully saturated rings. The number of fused-ring (bicyclic) bond motifs is 1. The Kier molecular flexibility index (Phi) is 3.75. The van der Waals surface area contributed by atoms with Crippen molar-refractivity contribution in [1.82, 2.24) is 4.98 Å². The molecule has 1 aromatic carbocycles. The van der Waals surface area contributed by atoms with Crippen molar-refractivity contribution < 1.29 is 8.98 Å². The van der Waals surface area contributed by atoms with Crippen LogP contribution < -0.4 is 0 Å². The smallest absolute Gasteiger partial charge is 0.321 e. The highest BCUT2D eigenvalue weighted by Gasteiger charge is 2.27. The molecule has 3 rings (SSSR count). The van der Waals surface area contributed by atoms with Crippen molar-refractivity contribution in [2.24, 2.45) is 5.92 Å². The van der Waals surface area contributed by atoms with Gasteiger partial charge in [0, 0.05) is 16.1 Å². The Morgan fingerprint density at radius 2 is 2.21 bits per heavy atom. The van der Waals surface area contributed by atoms with E-state index in [0.717, 1.165) is 51.6 Å². The van der Waals surface area contributed by atoms with Gasteiger partial charge in [-0.25, -0.2) is 0 Å². The summed E-state index contributed by atoms with van der Waals surface area (Å²) < 4.78 is 6.30. The van der Waals surface area contributed by atoms with Gasteiger partial charge in [0.1, 0.15) is 0 Å². The zero-order valence-corrected chi connectivity index (χ0v) is 12.5. The number of hydrogen-bond donors (Lipinski definition) is 0. The second-order valence-electron chi connectivity index (χ2n) is 4.58. The number of pyridine rings is 1. The lowest BCUT2D eigenvalue weighted by Crippen LogP contribution is -2.22. The highest BCUT2D eigenvalue weighted by molar-refractivity contribution is 9.10. The Balaban J connectivity index is 1.80. The summed E-state index contributed by atoms with van der Waals surface area (Å²) in [7, 11) is 0. The molecule has 0 amide bonds. The van der Waals surface area contributed by atoms with Crippen LogP contribution in [0.5, 0.6) is 0 Å². The SMILES string of the molecule is O=C(OSc1ccnc2ccc(Br)cc12)C1CCC1. The van der Waals surface area contributed by atoms with Crippen LogP contribution in [0.1, 0.15) is 19.3 Å². The Morgan fingerprint density at radius 3 is 2.95 bits per heavy atom. The van der Waals surface area contributed by atoms with Gasteiger partial charge < -0.3 is 4.18 Å². The fourth-order valence-corrected chi connectivity index (χ4v) is 3.00. The van der Waals surface area contributed by atoms with Gasteiger partial charge in [-0.05, 0) is 37.1 Å². The van der Waals surface area contributed by atoms with Crippen molar-refractivity contribution in [3.63, 3.8) is 0 Å². The number of carbonyl (C=O) groups is 1. The van der Waals surface area contributed by atoms with E-state index in [1.54, 1.807) is 6.20 Å². The molecule has 19 heavy (non-hydrogen) atoms. The Bertz CT molecular complexity index is 628. The lowest BCUT2D eigenvalue weighted by Gasteiger charge is -2.22. The molecule has 3 nitrogen and oxygen atoms in total. The first-order valence-electron chi connectivity index (χ1n) is 6.17. The number of halogens is 1. The van der Waals surface area contributed by atoms with E-state index in [2.05, 4.69) is 20.9 Å². The molecular weight excluding hydrogens is 326 g/mol. The van der Waals surface area contributed by atoms with Crippen molar-refractivity contribution >= 4 is 44.8 Å². The second-order valence-corrected chi connectivity index (χ2v) is 6.27. The summed E-state index contributed by atoms with van der Waals surface area (Å²) in [4.78, 5) is 16.9. The number of carbonyl (C=O) groups excluding carboxylic acids is 1. The molecule has 2 aromatic rings. The Hall–Kier alpha value is -1.07. The quantitative estimate of drug-likeness (QED) is 0.780. The van der Waals surface area contributed by atoms with Gasteiger partial charge in [-0.3, -0.25) is 9.78 Å². The molecule has 0 unspecified atom stereocenters. The third kappa shape index (κ3) is 2.77. The molecule has 0 bridgehead atoms. The number of rotatable bonds is 3. The van der Waals surface area contributed by atoms with E-state index < -0.39 is 0 Å². The number of nitrogens with zero attached hydrogens (tertiary/aromatic N) is 1. The summed E-state index contributed by atoms with van der Waals surface area (Å²) in [6.07, 6.45) is 4.79. The van der Waals surface area contributed by atoms with Crippen LogP contribution in [0.15, 0.2) is 39.8 Å². The summed E-state index contributed by atoms with van der Waals surface area (Å²) >= 11 is 4.58. The van der Waals surface area contributed by atoms with E-state index in [4.69, 9.17) is 4.18 Å². The first kappa shape index (κ1) is 12.9. The molecule has 0 spiro atoms. The fraction of sp³-hybridized carbons (Fsp3) is 0.286. The lowest BCUT2D eigenvalue weighted by atomic mass is 9.86. The van der Waals surface area contributed by atoms with Crippen molar-refractivity contribution in [1.29, 1.82) is 0 Å². The van der Waals surface area contributed by atoms with Crippen LogP contribution >= 0.6 is 28.0 Å². The van der Waals surface area contributed by atoms with E-state index in [-0.39, 0.29) is 11.9 Å². The maximum absolute atomic E-state index is 11.7. The van der Waals surface area contributed by atoms with Gasteiger partial charge in [0.2, 0.25) is 0 Å². The number of hydrogen-bond acceptors (Lipinski definition) is 4. The monoisotopic (exact) mass is 337 g/mol. The summed E-state index contributed by atoms with van der Waals surface area (Å²) in [6, 6.07) is 7.75. The van der Waals surface area contributed by atoms with E-state index in [9.17, 15) is 4.79 Å². The molecular formula is C14H12BrNO2S. The zero-order valence-electron chi connectivity index (χ0n) is 10.1. The molecule has 1 saturated carbocycles. The fourth-order valence-electron chi connectivity index (χ4n) is 1.96.